The first kappa shape index (κ1) is 15.1. The van der Waals surface area contributed by atoms with Crippen molar-refractivity contribution in [2.45, 2.75) is 26.9 Å². The molecule has 1 atom stereocenters. The smallest absolute Gasteiger partial charge is 0.120 e. The molecule has 1 aliphatic heterocycles. The predicted molar refractivity (Wildman–Crippen MR) is 87.7 cm³/mol. The highest BCUT2D eigenvalue weighted by Gasteiger charge is 2.25. The molecule has 2 rings (SSSR count). The zero-order valence-corrected chi connectivity index (χ0v) is 13.3. The average molecular weight is 291 g/mol. The fraction of sp³-hybridized carbons (Fsp3) is 0.533. The van der Waals surface area contributed by atoms with Crippen LogP contribution in [0, 0.1) is 0 Å². The largest absolute Gasteiger partial charge is 0.741 e. The SMILES string of the molecule is CCN(CC)CCN1C([S-])=NN(c2ccccc2)C1C. The fourth-order valence-corrected chi connectivity index (χ4v) is 2.78. The van der Waals surface area contributed by atoms with E-state index in [9.17, 15) is 0 Å². The summed E-state index contributed by atoms with van der Waals surface area (Å²) >= 11 is 5.42. The first-order chi connectivity index (χ1) is 9.67. The molecular weight excluding hydrogens is 268 g/mol. The van der Waals surface area contributed by atoms with Gasteiger partial charge in [-0.25, -0.2) is 5.01 Å². The number of benzene rings is 1. The quantitative estimate of drug-likeness (QED) is 0.750. The third kappa shape index (κ3) is 3.22. The lowest BCUT2D eigenvalue weighted by Crippen LogP contribution is -2.43. The molecule has 4 nitrogen and oxygen atoms in total. The van der Waals surface area contributed by atoms with E-state index < -0.39 is 0 Å². The predicted octanol–water partition coefficient (Wildman–Crippen LogP) is 2.31. The molecule has 0 N–H and O–H groups in total. The van der Waals surface area contributed by atoms with Gasteiger partial charge in [0, 0.05) is 18.3 Å². The highest BCUT2D eigenvalue weighted by molar-refractivity contribution is 7.77. The van der Waals surface area contributed by atoms with Crippen LogP contribution in [0.1, 0.15) is 20.8 Å². The van der Waals surface area contributed by atoms with Crippen LogP contribution in [0.3, 0.4) is 0 Å². The van der Waals surface area contributed by atoms with Gasteiger partial charge in [0.15, 0.2) is 0 Å². The van der Waals surface area contributed by atoms with Crippen LogP contribution in [0.5, 0.6) is 0 Å². The van der Waals surface area contributed by atoms with Crippen molar-refractivity contribution in [1.82, 2.24) is 9.80 Å². The highest BCUT2D eigenvalue weighted by atomic mass is 32.1. The molecule has 0 saturated carbocycles. The highest BCUT2D eigenvalue weighted by Crippen LogP contribution is 2.24. The Hall–Kier alpha value is -1.33. The lowest BCUT2D eigenvalue weighted by molar-refractivity contribution is 0.252. The van der Waals surface area contributed by atoms with Crippen molar-refractivity contribution in [3.63, 3.8) is 0 Å². The molecule has 0 fully saturated rings. The minimum Gasteiger partial charge on any atom is -0.741 e. The van der Waals surface area contributed by atoms with Gasteiger partial charge in [-0.05, 0) is 32.1 Å². The number of amidine groups is 1. The van der Waals surface area contributed by atoms with Gasteiger partial charge in [0.2, 0.25) is 0 Å². The Kier molecular flexibility index (Phi) is 5.20. The molecule has 1 aliphatic rings. The van der Waals surface area contributed by atoms with Gasteiger partial charge in [-0.3, -0.25) is 0 Å². The molecule has 110 valence electrons. The summed E-state index contributed by atoms with van der Waals surface area (Å²) in [5, 5.41) is 7.22. The molecule has 20 heavy (non-hydrogen) atoms. The number of para-hydroxylation sites is 1. The maximum atomic E-state index is 5.42. The van der Waals surface area contributed by atoms with E-state index in [4.69, 9.17) is 12.6 Å². The van der Waals surface area contributed by atoms with Gasteiger partial charge in [-0.1, -0.05) is 32.0 Å². The maximum absolute atomic E-state index is 5.42. The van der Waals surface area contributed by atoms with Crippen LogP contribution >= 0.6 is 0 Å². The van der Waals surface area contributed by atoms with Crippen molar-refractivity contribution in [3.8, 4) is 0 Å². The van der Waals surface area contributed by atoms with Crippen LogP contribution in [0.2, 0.25) is 0 Å². The fourth-order valence-electron chi connectivity index (χ4n) is 2.45. The Bertz CT molecular complexity index is 444. The standard InChI is InChI=1S/C15H24N4S/c1-4-17(5-2)11-12-18-13(3)19(16-15(18)20)14-9-7-6-8-10-14/h6-10,13H,4-5,11-12H2,1-3H3,(H,16,20)/p-1. The summed E-state index contributed by atoms with van der Waals surface area (Å²) in [6.07, 6.45) is 0.181. The number of likely N-dealkylation sites (N-methyl/N-ethyl adjacent to an activating group) is 1. The number of rotatable bonds is 6. The Morgan fingerprint density at radius 1 is 1.20 bits per heavy atom. The number of nitrogens with zero attached hydrogens (tertiary/aromatic N) is 4. The van der Waals surface area contributed by atoms with E-state index in [0.29, 0.717) is 5.17 Å². The molecule has 5 heteroatoms. The molecule has 0 saturated heterocycles. The van der Waals surface area contributed by atoms with Gasteiger partial charge in [0.25, 0.3) is 0 Å². The van der Waals surface area contributed by atoms with Gasteiger partial charge >= 0.3 is 0 Å². The normalized spacial score (nSPS) is 18.8. The lowest BCUT2D eigenvalue weighted by Gasteiger charge is -2.33. The second kappa shape index (κ2) is 6.90. The minimum atomic E-state index is 0.181. The monoisotopic (exact) mass is 291 g/mol. The zero-order valence-electron chi connectivity index (χ0n) is 12.5. The number of hydrazone groups is 1. The van der Waals surface area contributed by atoms with E-state index in [1.165, 1.54) is 0 Å². The maximum Gasteiger partial charge on any atom is 0.120 e. The third-order valence-corrected chi connectivity index (χ3v) is 4.13. The number of hydrogen-bond acceptors (Lipinski definition) is 5. The second-order valence-electron chi connectivity index (χ2n) is 4.91. The Labute approximate surface area is 127 Å². The zero-order chi connectivity index (χ0) is 14.5. The van der Waals surface area contributed by atoms with Crippen LogP contribution in [0.15, 0.2) is 35.4 Å². The first-order valence-electron chi connectivity index (χ1n) is 7.26. The molecule has 0 spiro atoms. The minimum absolute atomic E-state index is 0.181. The summed E-state index contributed by atoms with van der Waals surface area (Å²) in [4.78, 5) is 4.60. The van der Waals surface area contributed by atoms with Crippen LogP contribution in [-0.4, -0.2) is 47.3 Å². The molecule has 1 aromatic rings. The van der Waals surface area contributed by atoms with E-state index in [2.05, 4.69) is 47.8 Å². The van der Waals surface area contributed by atoms with Crippen molar-refractivity contribution in [3.05, 3.63) is 30.3 Å². The summed E-state index contributed by atoms with van der Waals surface area (Å²) < 4.78 is 0. The summed E-state index contributed by atoms with van der Waals surface area (Å²) in [7, 11) is 0. The van der Waals surface area contributed by atoms with Crippen molar-refractivity contribution in [2.75, 3.05) is 31.2 Å². The Morgan fingerprint density at radius 2 is 1.85 bits per heavy atom. The molecule has 0 amide bonds. The molecule has 0 aliphatic carbocycles. The van der Waals surface area contributed by atoms with Gasteiger partial charge in [-0.2, -0.15) is 5.10 Å². The molecule has 0 aromatic heterocycles. The number of anilines is 1. The van der Waals surface area contributed by atoms with Crippen molar-refractivity contribution < 1.29 is 0 Å². The van der Waals surface area contributed by atoms with Crippen molar-refractivity contribution in [2.24, 2.45) is 5.10 Å². The van der Waals surface area contributed by atoms with Gasteiger partial charge in [0.1, 0.15) is 6.17 Å². The summed E-state index contributed by atoms with van der Waals surface area (Å²) in [5.41, 5.74) is 1.09. The van der Waals surface area contributed by atoms with E-state index in [1.54, 1.807) is 0 Å². The van der Waals surface area contributed by atoms with E-state index in [0.717, 1.165) is 31.9 Å². The second-order valence-corrected chi connectivity index (χ2v) is 5.28. The topological polar surface area (TPSA) is 22.1 Å². The first-order valence-corrected chi connectivity index (χ1v) is 7.67. The lowest BCUT2D eigenvalue weighted by atomic mass is 10.3. The van der Waals surface area contributed by atoms with E-state index in [-0.39, 0.29) is 6.17 Å². The van der Waals surface area contributed by atoms with Crippen LogP contribution < -0.4 is 5.01 Å². The summed E-state index contributed by atoms with van der Waals surface area (Å²) in [6, 6.07) is 10.2. The molecule has 1 aromatic carbocycles. The van der Waals surface area contributed by atoms with Gasteiger partial charge < -0.3 is 22.4 Å². The molecule has 0 bridgehead atoms. The average Bonchev–Trinajstić information content (AvgIpc) is 2.77. The van der Waals surface area contributed by atoms with Gasteiger partial charge in [0.05, 0.1) is 5.69 Å². The number of hydrogen-bond donors (Lipinski definition) is 0. The molecule has 0 radical (unpaired) electrons. The molecular formula is C15H23N4S-. The Morgan fingerprint density at radius 3 is 2.45 bits per heavy atom. The van der Waals surface area contributed by atoms with Crippen LogP contribution in [0.4, 0.5) is 5.69 Å². The Balaban J connectivity index is 2.02. The third-order valence-electron chi connectivity index (χ3n) is 3.82. The van der Waals surface area contributed by atoms with Crippen molar-refractivity contribution >= 4 is 23.5 Å². The summed E-state index contributed by atoms with van der Waals surface area (Å²) in [6.45, 7) is 10.6. The van der Waals surface area contributed by atoms with E-state index in [1.807, 2.05) is 23.2 Å². The summed E-state index contributed by atoms with van der Waals surface area (Å²) in [5.74, 6) is 0. The van der Waals surface area contributed by atoms with Gasteiger partial charge in [-0.15, -0.1) is 0 Å². The molecule has 1 heterocycles. The van der Waals surface area contributed by atoms with Crippen LogP contribution in [-0.2, 0) is 12.6 Å². The van der Waals surface area contributed by atoms with E-state index >= 15 is 0 Å². The molecule has 1 unspecified atom stereocenters. The van der Waals surface area contributed by atoms with Crippen molar-refractivity contribution in [1.29, 1.82) is 0 Å². The van der Waals surface area contributed by atoms with Crippen LogP contribution in [0.25, 0.3) is 0 Å².